The summed E-state index contributed by atoms with van der Waals surface area (Å²) in [6.45, 7) is 4.35. The number of piperazine rings is 1. The molecule has 3 fully saturated rings. The molecule has 5 heteroatoms. The van der Waals surface area contributed by atoms with Gasteiger partial charge in [-0.25, -0.2) is 4.98 Å². The van der Waals surface area contributed by atoms with Gasteiger partial charge in [0.1, 0.15) is 0 Å². The summed E-state index contributed by atoms with van der Waals surface area (Å²) in [5.74, 6) is 3.46. The van der Waals surface area contributed by atoms with Crippen molar-refractivity contribution in [1.29, 1.82) is 0 Å². The zero-order valence-corrected chi connectivity index (χ0v) is 12.7. The van der Waals surface area contributed by atoms with E-state index in [4.69, 9.17) is 4.74 Å². The summed E-state index contributed by atoms with van der Waals surface area (Å²) in [6.07, 6.45) is 7.67. The van der Waals surface area contributed by atoms with Gasteiger partial charge in [-0.15, -0.1) is 0 Å². The number of hydrogen-bond donors (Lipinski definition) is 0. The molecule has 0 N–H and O–H groups in total. The van der Waals surface area contributed by atoms with Crippen LogP contribution in [0.4, 0.5) is 5.95 Å². The Labute approximate surface area is 126 Å². The van der Waals surface area contributed by atoms with Crippen LogP contribution >= 0.6 is 0 Å². The zero-order valence-electron chi connectivity index (χ0n) is 12.7. The SMILES string of the molecule is COc1ccnc(N2CCN(C3CC4CCC3C4)CC2)n1. The van der Waals surface area contributed by atoms with Crippen molar-refractivity contribution in [1.82, 2.24) is 14.9 Å². The first-order valence-corrected chi connectivity index (χ1v) is 8.19. The maximum atomic E-state index is 5.19. The van der Waals surface area contributed by atoms with Crippen LogP contribution in [0.1, 0.15) is 25.7 Å². The summed E-state index contributed by atoms with van der Waals surface area (Å²) in [4.78, 5) is 13.8. The monoisotopic (exact) mass is 288 g/mol. The predicted molar refractivity (Wildman–Crippen MR) is 81.6 cm³/mol. The van der Waals surface area contributed by atoms with Crippen molar-refractivity contribution in [3.63, 3.8) is 0 Å². The van der Waals surface area contributed by atoms with Crippen LogP contribution in [0.5, 0.6) is 5.88 Å². The van der Waals surface area contributed by atoms with E-state index in [-0.39, 0.29) is 0 Å². The molecule has 1 aromatic rings. The van der Waals surface area contributed by atoms with Crippen molar-refractivity contribution in [2.24, 2.45) is 11.8 Å². The fourth-order valence-electron chi connectivity index (χ4n) is 4.51. The standard InChI is InChI=1S/C16H24N4O/c1-21-15-4-5-17-16(18-15)20-8-6-19(7-9-20)14-11-12-2-3-13(14)10-12/h4-5,12-14H,2-3,6-11H2,1H3. The average molecular weight is 288 g/mol. The molecule has 2 aliphatic carbocycles. The van der Waals surface area contributed by atoms with E-state index in [9.17, 15) is 0 Å². The quantitative estimate of drug-likeness (QED) is 0.848. The van der Waals surface area contributed by atoms with E-state index >= 15 is 0 Å². The van der Waals surface area contributed by atoms with E-state index in [2.05, 4.69) is 19.8 Å². The third kappa shape index (κ3) is 2.48. The fraction of sp³-hybridized carbons (Fsp3) is 0.750. The highest BCUT2D eigenvalue weighted by molar-refractivity contribution is 5.32. The minimum Gasteiger partial charge on any atom is -0.481 e. The second-order valence-electron chi connectivity index (χ2n) is 6.66. The van der Waals surface area contributed by atoms with Crippen LogP contribution in [0.15, 0.2) is 12.3 Å². The number of fused-ring (bicyclic) bond motifs is 2. The third-order valence-corrected chi connectivity index (χ3v) is 5.59. The van der Waals surface area contributed by atoms with E-state index in [0.29, 0.717) is 5.88 Å². The lowest BCUT2D eigenvalue weighted by Gasteiger charge is -2.41. The highest BCUT2D eigenvalue weighted by atomic mass is 16.5. The second-order valence-corrected chi connectivity index (χ2v) is 6.66. The summed E-state index contributed by atoms with van der Waals surface area (Å²) in [5, 5.41) is 0. The first kappa shape index (κ1) is 13.3. The number of methoxy groups -OCH3 is 1. The Morgan fingerprint density at radius 3 is 2.67 bits per heavy atom. The average Bonchev–Trinajstić information content (AvgIpc) is 3.18. The molecular formula is C16H24N4O. The number of hydrogen-bond acceptors (Lipinski definition) is 5. The Bertz CT molecular complexity index is 501. The zero-order chi connectivity index (χ0) is 14.2. The lowest BCUT2D eigenvalue weighted by atomic mass is 9.93. The molecule has 0 spiro atoms. The molecule has 1 aliphatic heterocycles. The Hall–Kier alpha value is -1.36. The van der Waals surface area contributed by atoms with E-state index in [1.807, 2.05) is 0 Å². The van der Waals surface area contributed by atoms with Gasteiger partial charge in [-0.1, -0.05) is 6.42 Å². The van der Waals surface area contributed by atoms with Crippen LogP contribution in [0, 0.1) is 11.8 Å². The van der Waals surface area contributed by atoms with E-state index in [1.54, 1.807) is 19.4 Å². The smallest absolute Gasteiger partial charge is 0.228 e. The van der Waals surface area contributed by atoms with E-state index < -0.39 is 0 Å². The fourth-order valence-corrected chi connectivity index (χ4v) is 4.51. The highest BCUT2D eigenvalue weighted by Gasteiger charge is 2.42. The third-order valence-electron chi connectivity index (χ3n) is 5.59. The highest BCUT2D eigenvalue weighted by Crippen LogP contribution is 2.46. The number of nitrogens with zero attached hydrogens (tertiary/aromatic N) is 4. The number of anilines is 1. The number of rotatable bonds is 3. The molecule has 0 radical (unpaired) electrons. The van der Waals surface area contributed by atoms with Crippen molar-refractivity contribution in [3.05, 3.63) is 12.3 Å². The predicted octanol–water partition coefficient (Wildman–Crippen LogP) is 1.80. The van der Waals surface area contributed by atoms with Crippen molar-refractivity contribution in [2.45, 2.75) is 31.7 Å². The normalized spacial score (nSPS) is 32.6. The summed E-state index contributed by atoms with van der Waals surface area (Å²) < 4.78 is 5.19. The van der Waals surface area contributed by atoms with E-state index in [0.717, 1.165) is 50.0 Å². The molecule has 2 saturated carbocycles. The Balaban J connectivity index is 1.38. The molecule has 3 aliphatic rings. The van der Waals surface area contributed by atoms with Crippen LogP contribution in [0.25, 0.3) is 0 Å². The molecule has 4 rings (SSSR count). The molecule has 5 nitrogen and oxygen atoms in total. The lowest BCUT2D eigenvalue weighted by molar-refractivity contribution is 0.134. The van der Waals surface area contributed by atoms with Crippen LogP contribution in [-0.4, -0.2) is 54.2 Å². The number of ether oxygens (including phenoxy) is 1. The molecule has 1 saturated heterocycles. The Morgan fingerprint density at radius 2 is 2.00 bits per heavy atom. The molecule has 0 aromatic carbocycles. The molecule has 2 heterocycles. The van der Waals surface area contributed by atoms with Crippen molar-refractivity contribution in [3.8, 4) is 5.88 Å². The lowest BCUT2D eigenvalue weighted by Crippen LogP contribution is -2.52. The first-order valence-electron chi connectivity index (χ1n) is 8.19. The number of aromatic nitrogens is 2. The van der Waals surface area contributed by atoms with Gasteiger partial charge in [0.15, 0.2) is 0 Å². The molecule has 3 unspecified atom stereocenters. The van der Waals surface area contributed by atoms with E-state index in [1.165, 1.54) is 25.7 Å². The van der Waals surface area contributed by atoms with Gasteiger partial charge < -0.3 is 9.64 Å². The van der Waals surface area contributed by atoms with Gasteiger partial charge in [0, 0.05) is 44.5 Å². The van der Waals surface area contributed by atoms with Gasteiger partial charge in [-0.05, 0) is 31.1 Å². The van der Waals surface area contributed by atoms with Crippen LogP contribution < -0.4 is 9.64 Å². The molecule has 3 atom stereocenters. The second kappa shape index (κ2) is 5.44. The van der Waals surface area contributed by atoms with Gasteiger partial charge in [-0.3, -0.25) is 4.90 Å². The maximum Gasteiger partial charge on any atom is 0.228 e. The van der Waals surface area contributed by atoms with Crippen LogP contribution in [0.3, 0.4) is 0 Å². The summed E-state index contributed by atoms with van der Waals surface area (Å²) >= 11 is 0. The molecule has 0 amide bonds. The van der Waals surface area contributed by atoms with Crippen LogP contribution in [0.2, 0.25) is 0 Å². The van der Waals surface area contributed by atoms with Gasteiger partial charge in [-0.2, -0.15) is 4.98 Å². The van der Waals surface area contributed by atoms with Crippen LogP contribution in [-0.2, 0) is 0 Å². The summed E-state index contributed by atoms with van der Waals surface area (Å²) in [7, 11) is 1.65. The summed E-state index contributed by atoms with van der Waals surface area (Å²) in [6, 6.07) is 2.66. The topological polar surface area (TPSA) is 41.5 Å². The van der Waals surface area contributed by atoms with Crippen molar-refractivity contribution >= 4 is 5.95 Å². The molecule has 21 heavy (non-hydrogen) atoms. The minimum absolute atomic E-state index is 0.649. The first-order chi connectivity index (χ1) is 10.3. The van der Waals surface area contributed by atoms with Crippen molar-refractivity contribution < 1.29 is 4.74 Å². The minimum atomic E-state index is 0.649. The van der Waals surface area contributed by atoms with Gasteiger partial charge in [0.2, 0.25) is 11.8 Å². The molecule has 114 valence electrons. The Kier molecular flexibility index (Phi) is 3.45. The van der Waals surface area contributed by atoms with Gasteiger partial charge in [0.25, 0.3) is 0 Å². The molecular weight excluding hydrogens is 264 g/mol. The molecule has 2 bridgehead atoms. The van der Waals surface area contributed by atoms with Crippen molar-refractivity contribution in [2.75, 3.05) is 38.2 Å². The maximum absolute atomic E-state index is 5.19. The Morgan fingerprint density at radius 1 is 1.14 bits per heavy atom. The largest absolute Gasteiger partial charge is 0.481 e. The van der Waals surface area contributed by atoms with Gasteiger partial charge >= 0.3 is 0 Å². The summed E-state index contributed by atoms with van der Waals surface area (Å²) in [5.41, 5.74) is 0. The van der Waals surface area contributed by atoms with Gasteiger partial charge in [0.05, 0.1) is 7.11 Å². The molecule has 1 aromatic heterocycles.